The molecule has 4 heteroatoms. The predicted octanol–water partition coefficient (Wildman–Crippen LogP) is 1.95. The standard InChI is InChI=1S/C10H20O2.C6H16NO/c1-2-3-4-5-6-7-8-9-10(11)12;1-7(2,3)5-4-6-8/h2-9H2,1H3,(H,11,12);8H,4-6H2,1-3H3/q;+1/p-1. The van der Waals surface area contributed by atoms with Crippen LogP contribution in [0.15, 0.2) is 0 Å². The Morgan fingerprint density at radius 3 is 1.80 bits per heavy atom. The molecule has 0 fully saturated rings. The lowest BCUT2D eigenvalue weighted by atomic mass is 10.1. The SMILES string of the molecule is CCCCCCCCCC(=O)[O-].C[N+](C)(C)CCCO. The summed E-state index contributed by atoms with van der Waals surface area (Å²) < 4.78 is 0.945. The van der Waals surface area contributed by atoms with Gasteiger partial charge in [0.05, 0.1) is 27.7 Å². The smallest absolute Gasteiger partial charge is 0.0802 e. The van der Waals surface area contributed by atoms with Crippen molar-refractivity contribution >= 4 is 5.97 Å². The number of aliphatic hydroxyl groups excluding tert-OH is 1. The summed E-state index contributed by atoms with van der Waals surface area (Å²) in [7, 11) is 6.36. The molecule has 0 saturated heterocycles. The van der Waals surface area contributed by atoms with E-state index in [1.54, 1.807) is 0 Å². The first-order valence-corrected chi connectivity index (χ1v) is 7.94. The molecule has 0 bridgehead atoms. The van der Waals surface area contributed by atoms with Gasteiger partial charge in [-0.3, -0.25) is 0 Å². The molecule has 4 nitrogen and oxygen atoms in total. The molecule has 0 unspecified atom stereocenters. The Hall–Kier alpha value is -0.610. The summed E-state index contributed by atoms with van der Waals surface area (Å²) in [6, 6.07) is 0. The van der Waals surface area contributed by atoms with Crippen molar-refractivity contribution in [2.45, 2.75) is 64.7 Å². The maximum Gasteiger partial charge on any atom is 0.0802 e. The molecule has 0 aliphatic carbocycles. The van der Waals surface area contributed by atoms with Crippen molar-refractivity contribution < 1.29 is 19.5 Å². The first-order chi connectivity index (χ1) is 9.33. The molecule has 0 amide bonds. The normalized spacial score (nSPS) is 10.8. The summed E-state index contributed by atoms with van der Waals surface area (Å²) in [5, 5.41) is 18.4. The van der Waals surface area contributed by atoms with Crippen LogP contribution < -0.4 is 5.11 Å². The molecular weight excluding hydrogens is 254 g/mol. The highest BCUT2D eigenvalue weighted by Crippen LogP contribution is 2.07. The average molecular weight is 289 g/mol. The van der Waals surface area contributed by atoms with Gasteiger partial charge in [0.1, 0.15) is 0 Å². The van der Waals surface area contributed by atoms with Crippen molar-refractivity contribution in [2.24, 2.45) is 0 Å². The minimum atomic E-state index is -0.913. The highest BCUT2D eigenvalue weighted by molar-refractivity contribution is 5.63. The number of quaternary nitrogens is 1. The summed E-state index contributed by atoms with van der Waals surface area (Å²) in [5.41, 5.74) is 0. The maximum absolute atomic E-state index is 10.0. The Kier molecular flexibility index (Phi) is 16.0. The van der Waals surface area contributed by atoms with E-state index >= 15 is 0 Å². The van der Waals surface area contributed by atoms with Gasteiger partial charge in [0.2, 0.25) is 0 Å². The van der Waals surface area contributed by atoms with Crippen LogP contribution in [0.4, 0.5) is 0 Å². The number of carbonyl (C=O) groups excluding carboxylic acids is 1. The number of hydrogen-bond donors (Lipinski definition) is 1. The van der Waals surface area contributed by atoms with E-state index < -0.39 is 5.97 Å². The molecular formula is C16H35NO3. The van der Waals surface area contributed by atoms with E-state index in [2.05, 4.69) is 28.1 Å². The van der Waals surface area contributed by atoms with E-state index in [4.69, 9.17) is 5.11 Å². The second-order valence-electron chi connectivity index (χ2n) is 6.33. The maximum atomic E-state index is 10.0. The highest BCUT2D eigenvalue weighted by Gasteiger charge is 2.03. The lowest BCUT2D eigenvalue weighted by Crippen LogP contribution is -2.35. The molecule has 0 aliphatic rings. The van der Waals surface area contributed by atoms with Crippen LogP contribution in [0.25, 0.3) is 0 Å². The monoisotopic (exact) mass is 289 g/mol. The second kappa shape index (κ2) is 14.8. The van der Waals surface area contributed by atoms with Crippen LogP contribution in [0.1, 0.15) is 64.7 Å². The number of nitrogens with zero attached hydrogens (tertiary/aromatic N) is 1. The van der Waals surface area contributed by atoms with E-state index in [-0.39, 0.29) is 6.42 Å². The molecule has 20 heavy (non-hydrogen) atoms. The van der Waals surface area contributed by atoms with Crippen molar-refractivity contribution in [3.8, 4) is 0 Å². The summed E-state index contributed by atoms with van der Waals surface area (Å²) in [5.74, 6) is -0.913. The number of aliphatic carboxylic acids is 1. The van der Waals surface area contributed by atoms with Crippen molar-refractivity contribution in [3.63, 3.8) is 0 Å². The van der Waals surface area contributed by atoms with Gasteiger partial charge < -0.3 is 19.5 Å². The number of carboxylic acids is 1. The Bertz CT molecular complexity index is 212. The molecule has 0 radical (unpaired) electrons. The number of rotatable bonds is 11. The summed E-state index contributed by atoms with van der Waals surface area (Å²) in [6.45, 7) is 3.56. The molecule has 1 N–H and O–H groups in total. The zero-order valence-electron chi connectivity index (χ0n) is 14.0. The van der Waals surface area contributed by atoms with Crippen LogP contribution in [0.2, 0.25) is 0 Å². The Morgan fingerprint density at radius 1 is 0.950 bits per heavy atom. The summed E-state index contributed by atoms with van der Waals surface area (Å²) >= 11 is 0. The number of aliphatic hydroxyl groups is 1. The fourth-order valence-electron chi connectivity index (χ4n) is 1.77. The Labute approximate surface area is 125 Å². The molecule has 0 heterocycles. The van der Waals surface area contributed by atoms with Crippen LogP contribution in [0, 0.1) is 0 Å². The summed E-state index contributed by atoms with van der Waals surface area (Å²) in [6.07, 6.45) is 9.25. The predicted molar refractivity (Wildman–Crippen MR) is 82.2 cm³/mol. The second-order valence-corrected chi connectivity index (χ2v) is 6.33. The molecule has 0 aliphatic heterocycles. The summed E-state index contributed by atoms with van der Waals surface area (Å²) in [4.78, 5) is 10.0. The van der Waals surface area contributed by atoms with Gasteiger partial charge in [0.15, 0.2) is 0 Å². The van der Waals surface area contributed by atoms with Crippen molar-refractivity contribution in [2.75, 3.05) is 34.3 Å². The first kappa shape index (κ1) is 21.7. The molecule has 0 aromatic carbocycles. The number of carboxylic acid groups (broad SMARTS) is 1. The van der Waals surface area contributed by atoms with Gasteiger partial charge in [-0.15, -0.1) is 0 Å². The number of carbonyl (C=O) groups is 1. The Morgan fingerprint density at radius 2 is 1.45 bits per heavy atom. The number of hydrogen-bond acceptors (Lipinski definition) is 3. The molecule has 0 atom stereocenters. The van der Waals surface area contributed by atoms with Crippen LogP contribution in [0.5, 0.6) is 0 Å². The minimum Gasteiger partial charge on any atom is -0.550 e. The van der Waals surface area contributed by atoms with Gasteiger partial charge in [0, 0.05) is 19.0 Å². The zero-order valence-corrected chi connectivity index (χ0v) is 14.0. The van der Waals surface area contributed by atoms with E-state index in [0.717, 1.165) is 30.3 Å². The van der Waals surface area contributed by atoms with E-state index in [9.17, 15) is 9.90 Å². The minimum absolute atomic E-state index is 0.230. The van der Waals surface area contributed by atoms with E-state index in [1.165, 1.54) is 32.1 Å². The number of unbranched alkanes of at least 4 members (excludes halogenated alkanes) is 6. The van der Waals surface area contributed by atoms with Crippen LogP contribution in [-0.4, -0.2) is 49.9 Å². The molecule has 0 aromatic heterocycles. The van der Waals surface area contributed by atoms with Crippen LogP contribution in [-0.2, 0) is 4.79 Å². The topological polar surface area (TPSA) is 60.4 Å². The van der Waals surface area contributed by atoms with Gasteiger partial charge in [-0.25, -0.2) is 0 Å². The third-order valence-electron chi connectivity index (χ3n) is 2.97. The van der Waals surface area contributed by atoms with E-state index in [0.29, 0.717) is 6.61 Å². The molecule has 0 spiro atoms. The average Bonchev–Trinajstić information content (AvgIpc) is 2.35. The van der Waals surface area contributed by atoms with Gasteiger partial charge in [0.25, 0.3) is 0 Å². The third-order valence-corrected chi connectivity index (χ3v) is 2.97. The van der Waals surface area contributed by atoms with Crippen molar-refractivity contribution in [1.29, 1.82) is 0 Å². The van der Waals surface area contributed by atoms with Crippen molar-refractivity contribution in [3.05, 3.63) is 0 Å². The van der Waals surface area contributed by atoms with Gasteiger partial charge in [-0.1, -0.05) is 45.4 Å². The fraction of sp³-hybridized carbons (Fsp3) is 0.938. The third kappa shape index (κ3) is 26.1. The molecule has 0 saturated carbocycles. The van der Waals surface area contributed by atoms with Gasteiger partial charge in [-0.2, -0.15) is 0 Å². The molecule has 0 rings (SSSR count). The quantitative estimate of drug-likeness (QED) is 0.467. The molecule has 0 aromatic rings. The lowest BCUT2D eigenvalue weighted by molar-refractivity contribution is -0.870. The molecule has 122 valence electrons. The van der Waals surface area contributed by atoms with E-state index in [1.807, 2.05) is 0 Å². The van der Waals surface area contributed by atoms with Crippen LogP contribution >= 0.6 is 0 Å². The van der Waals surface area contributed by atoms with Crippen molar-refractivity contribution in [1.82, 2.24) is 0 Å². The fourth-order valence-corrected chi connectivity index (χ4v) is 1.77. The first-order valence-electron chi connectivity index (χ1n) is 7.94. The highest BCUT2D eigenvalue weighted by atomic mass is 16.4. The Balaban J connectivity index is 0. The van der Waals surface area contributed by atoms with Gasteiger partial charge in [-0.05, 0) is 12.8 Å². The largest absolute Gasteiger partial charge is 0.550 e. The zero-order chi connectivity index (χ0) is 15.9. The van der Waals surface area contributed by atoms with Gasteiger partial charge >= 0.3 is 0 Å². The lowest BCUT2D eigenvalue weighted by Gasteiger charge is -2.22. The van der Waals surface area contributed by atoms with Crippen LogP contribution in [0.3, 0.4) is 0 Å².